The van der Waals surface area contributed by atoms with Gasteiger partial charge in [-0.3, -0.25) is 4.79 Å². The van der Waals surface area contributed by atoms with Crippen LogP contribution in [0.2, 0.25) is 0 Å². The number of rotatable bonds is 7. The van der Waals surface area contributed by atoms with Gasteiger partial charge in [0.1, 0.15) is 5.75 Å². The molecular formula is C19H23NO3. The molecule has 2 aromatic carbocycles. The van der Waals surface area contributed by atoms with Crippen molar-refractivity contribution in [3.8, 4) is 5.75 Å². The summed E-state index contributed by atoms with van der Waals surface area (Å²) in [4.78, 5) is 11.6. The van der Waals surface area contributed by atoms with Crippen LogP contribution in [0.5, 0.6) is 5.75 Å². The Labute approximate surface area is 136 Å². The molecule has 23 heavy (non-hydrogen) atoms. The van der Waals surface area contributed by atoms with Crippen LogP contribution in [-0.4, -0.2) is 17.7 Å². The van der Waals surface area contributed by atoms with E-state index in [1.54, 1.807) is 24.3 Å². The van der Waals surface area contributed by atoms with Crippen LogP contribution in [-0.2, 0) is 11.2 Å². The standard InChI is InChI=1S/C19H23NO3/c1-13(2)12-23-17-5-3-4-14(10-17)11-18(19(21)22)15-6-8-16(20)9-7-15/h3-10,13,18H,11-12,20H2,1-2H3,(H,21,22). The van der Waals surface area contributed by atoms with E-state index in [1.165, 1.54) is 0 Å². The van der Waals surface area contributed by atoms with E-state index in [0.29, 0.717) is 24.6 Å². The third kappa shape index (κ3) is 5.02. The first-order valence-corrected chi connectivity index (χ1v) is 7.75. The van der Waals surface area contributed by atoms with Crippen molar-refractivity contribution in [2.75, 3.05) is 12.3 Å². The second-order valence-corrected chi connectivity index (χ2v) is 6.11. The number of ether oxygens (including phenoxy) is 1. The Morgan fingerprint density at radius 3 is 2.48 bits per heavy atom. The minimum absolute atomic E-state index is 0.415. The molecule has 4 nitrogen and oxygen atoms in total. The number of hydrogen-bond donors (Lipinski definition) is 2. The van der Waals surface area contributed by atoms with Gasteiger partial charge in [0.15, 0.2) is 0 Å². The van der Waals surface area contributed by atoms with Gasteiger partial charge in [-0.05, 0) is 47.7 Å². The summed E-state index contributed by atoms with van der Waals surface area (Å²) in [5.74, 6) is -0.225. The summed E-state index contributed by atoms with van der Waals surface area (Å²) in [6, 6.07) is 14.6. The monoisotopic (exact) mass is 313 g/mol. The summed E-state index contributed by atoms with van der Waals surface area (Å²) in [6.07, 6.45) is 0.415. The predicted octanol–water partition coefficient (Wildman–Crippen LogP) is 3.71. The lowest BCUT2D eigenvalue weighted by Gasteiger charge is -2.14. The smallest absolute Gasteiger partial charge is 0.311 e. The van der Waals surface area contributed by atoms with Crippen molar-refractivity contribution in [3.05, 3.63) is 59.7 Å². The molecule has 0 aliphatic rings. The fourth-order valence-electron chi connectivity index (χ4n) is 2.34. The number of hydrogen-bond acceptors (Lipinski definition) is 3. The summed E-state index contributed by atoms with van der Waals surface area (Å²) >= 11 is 0. The molecule has 3 N–H and O–H groups in total. The largest absolute Gasteiger partial charge is 0.493 e. The summed E-state index contributed by atoms with van der Waals surface area (Å²) < 4.78 is 5.71. The molecular weight excluding hydrogens is 290 g/mol. The topological polar surface area (TPSA) is 72.5 Å². The molecule has 0 bridgehead atoms. The highest BCUT2D eigenvalue weighted by atomic mass is 16.5. The summed E-state index contributed by atoms with van der Waals surface area (Å²) in [7, 11) is 0. The molecule has 4 heteroatoms. The number of aliphatic carboxylic acids is 1. The average molecular weight is 313 g/mol. The predicted molar refractivity (Wildman–Crippen MR) is 91.7 cm³/mol. The molecule has 0 spiro atoms. The zero-order valence-corrected chi connectivity index (χ0v) is 13.5. The van der Waals surface area contributed by atoms with Crippen LogP contribution < -0.4 is 10.5 Å². The van der Waals surface area contributed by atoms with Gasteiger partial charge in [0, 0.05) is 5.69 Å². The Hall–Kier alpha value is -2.49. The van der Waals surface area contributed by atoms with Crippen LogP contribution in [0.3, 0.4) is 0 Å². The molecule has 2 rings (SSSR count). The number of carbonyl (C=O) groups is 1. The fraction of sp³-hybridized carbons (Fsp3) is 0.316. The zero-order valence-electron chi connectivity index (χ0n) is 13.5. The van der Waals surface area contributed by atoms with E-state index in [0.717, 1.165) is 16.9 Å². The Balaban J connectivity index is 2.15. The number of benzene rings is 2. The maximum absolute atomic E-state index is 11.6. The van der Waals surface area contributed by atoms with Crippen LogP contribution in [0.1, 0.15) is 30.9 Å². The van der Waals surface area contributed by atoms with E-state index >= 15 is 0 Å². The minimum Gasteiger partial charge on any atom is -0.493 e. The van der Waals surface area contributed by atoms with Gasteiger partial charge in [0.25, 0.3) is 0 Å². The Morgan fingerprint density at radius 2 is 1.87 bits per heavy atom. The minimum atomic E-state index is -0.844. The van der Waals surface area contributed by atoms with Gasteiger partial charge in [0.05, 0.1) is 12.5 Å². The van der Waals surface area contributed by atoms with Crippen LogP contribution in [0.4, 0.5) is 5.69 Å². The first-order chi connectivity index (χ1) is 11.0. The van der Waals surface area contributed by atoms with Gasteiger partial charge < -0.3 is 15.6 Å². The molecule has 1 unspecified atom stereocenters. The molecule has 0 amide bonds. The lowest BCUT2D eigenvalue weighted by molar-refractivity contribution is -0.138. The van der Waals surface area contributed by atoms with E-state index in [4.69, 9.17) is 10.5 Å². The van der Waals surface area contributed by atoms with Crippen molar-refractivity contribution in [2.24, 2.45) is 5.92 Å². The molecule has 1 atom stereocenters. The van der Waals surface area contributed by atoms with Gasteiger partial charge >= 0.3 is 5.97 Å². The average Bonchev–Trinajstić information content (AvgIpc) is 2.52. The number of anilines is 1. The molecule has 0 saturated carbocycles. The summed E-state index contributed by atoms with van der Waals surface area (Å²) in [6.45, 7) is 4.82. The lowest BCUT2D eigenvalue weighted by Crippen LogP contribution is -2.14. The van der Waals surface area contributed by atoms with Crippen LogP contribution in [0.15, 0.2) is 48.5 Å². The first-order valence-electron chi connectivity index (χ1n) is 7.75. The van der Waals surface area contributed by atoms with Crippen molar-refractivity contribution >= 4 is 11.7 Å². The molecule has 2 aromatic rings. The molecule has 122 valence electrons. The van der Waals surface area contributed by atoms with Crippen LogP contribution in [0, 0.1) is 5.92 Å². The van der Waals surface area contributed by atoms with E-state index in [2.05, 4.69) is 13.8 Å². The molecule has 0 radical (unpaired) electrons. The van der Waals surface area contributed by atoms with Crippen molar-refractivity contribution < 1.29 is 14.6 Å². The fourth-order valence-corrected chi connectivity index (χ4v) is 2.34. The second kappa shape index (κ2) is 7.68. The number of nitrogens with two attached hydrogens (primary N) is 1. The van der Waals surface area contributed by atoms with Crippen LogP contribution in [0.25, 0.3) is 0 Å². The first kappa shape index (κ1) is 16.9. The lowest BCUT2D eigenvalue weighted by atomic mass is 9.92. The molecule has 0 heterocycles. The normalized spacial score (nSPS) is 12.1. The van der Waals surface area contributed by atoms with E-state index in [9.17, 15) is 9.90 Å². The Bertz CT molecular complexity index is 650. The van der Waals surface area contributed by atoms with Crippen molar-refractivity contribution in [1.82, 2.24) is 0 Å². The number of carboxylic acid groups (broad SMARTS) is 1. The Morgan fingerprint density at radius 1 is 1.17 bits per heavy atom. The molecule has 0 fully saturated rings. The SMILES string of the molecule is CC(C)COc1cccc(CC(C(=O)O)c2ccc(N)cc2)c1. The maximum Gasteiger partial charge on any atom is 0.311 e. The summed E-state index contributed by atoms with van der Waals surface area (Å²) in [5, 5.41) is 9.54. The molecule has 0 aromatic heterocycles. The number of nitrogen functional groups attached to an aromatic ring is 1. The van der Waals surface area contributed by atoms with Gasteiger partial charge in [-0.1, -0.05) is 38.1 Å². The highest BCUT2D eigenvalue weighted by molar-refractivity contribution is 5.76. The van der Waals surface area contributed by atoms with Crippen molar-refractivity contribution in [2.45, 2.75) is 26.2 Å². The number of carboxylic acids is 1. The zero-order chi connectivity index (χ0) is 16.8. The Kier molecular flexibility index (Phi) is 5.63. The van der Waals surface area contributed by atoms with Crippen LogP contribution >= 0.6 is 0 Å². The highest BCUT2D eigenvalue weighted by Crippen LogP contribution is 2.24. The maximum atomic E-state index is 11.6. The second-order valence-electron chi connectivity index (χ2n) is 6.11. The third-order valence-electron chi connectivity index (χ3n) is 3.56. The van der Waals surface area contributed by atoms with Gasteiger partial charge in [0.2, 0.25) is 0 Å². The molecule has 0 aliphatic carbocycles. The van der Waals surface area contributed by atoms with Crippen molar-refractivity contribution in [1.29, 1.82) is 0 Å². The van der Waals surface area contributed by atoms with Gasteiger partial charge in [-0.2, -0.15) is 0 Å². The highest BCUT2D eigenvalue weighted by Gasteiger charge is 2.20. The van der Waals surface area contributed by atoms with E-state index in [-0.39, 0.29) is 0 Å². The third-order valence-corrected chi connectivity index (χ3v) is 3.56. The molecule has 0 saturated heterocycles. The summed E-state index contributed by atoms with van der Waals surface area (Å²) in [5.41, 5.74) is 7.99. The van der Waals surface area contributed by atoms with Gasteiger partial charge in [-0.15, -0.1) is 0 Å². The van der Waals surface area contributed by atoms with E-state index in [1.807, 2.05) is 24.3 Å². The van der Waals surface area contributed by atoms with Gasteiger partial charge in [-0.25, -0.2) is 0 Å². The van der Waals surface area contributed by atoms with E-state index < -0.39 is 11.9 Å². The quantitative estimate of drug-likeness (QED) is 0.764. The van der Waals surface area contributed by atoms with Crippen molar-refractivity contribution in [3.63, 3.8) is 0 Å². The molecule has 0 aliphatic heterocycles.